The number of hydrogen-bond donors (Lipinski definition) is 2. The SMILES string of the molecule is CN=C(NCCc1cccs1)NCC(CC(C)C)N1CCCC1. The molecule has 1 atom stereocenters. The topological polar surface area (TPSA) is 39.7 Å². The first-order chi connectivity index (χ1) is 11.2. The summed E-state index contributed by atoms with van der Waals surface area (Å²) in [6.07, 6.45) is 5.00. The molecule has 1 unspecified atom stereocenters. The first kappa shape index (κ1) is 18.3. The molecule has 1 aliphatic rings. The second-order valence-corrected chi connectivity index (χ2v) is 7.77. The van der Waals surface area contributed by atoms with Crippen LogP contribution in [0.25, 0.3) is 0 Å². The molecule has 1 aromatic rings. The lowest BCUT2D eigenvalue weighted by Gasteiger charge is -2.29. The van der Waals surface area contributed by atoms with Crippen molar-refractivity contribution in [2.45, 2.75) is 45.6 Å². The number of thiophene rings is 1. The van der Waals surface area contributed by atoms with Crippen molar-refractivity contribution in [3.8, 4) is 0 Å². The number of guanidine groups is 1. The lowest BCUT2D eigenvalue weighted by atomic mass is 10.0. The Bertz CT molecular complexity index is 450. The first-order valence-electron chi connectivity index (χ1n) is 8.90. The fourth-order valence-electron chi connectivity index (χ4n) is 3.21. The van der Waals surface area contributed by atoms with Crippen LogP contribution in [-0.2, 0) is 6.42 Å². The molecular weight excluding hydrogens is 304 g/mol. The van der Waals surface area contributed by atoms with Crippen molar-refractivity contribution >= 4 is 17.3 Å². The van der Waals surface area contributed by atoms with Gasteiger partial charge in [-0.3, -0.25) is 9.89 Å². The highest BCUT2D eigenvalue weighted by molar-refractivity contribution is 7.09. The largest absolute Gasteiger partial charge is 0.356 e. The minimum atomic E-state index is 0.619. The molecule has 0 amide bonds. The van der Waals surface area contributed by atoms with Gasteiger partial charge in [0.05, 0.1) is 0 Å². The molecule has 1 saturated heterocycles. The van der Waals surface area contributed by atoms with E-state index in [1.54, 1.807) is 0 Å². The van der Waals surface area contributed by atoms with Gasteiger partial charge in [-0.05, 0) is 56.1 Å². The van der Waals surface area contributed by atoms with Crippen molar-refractivity contribution < 1.29 is 0 Å². The van der Waals surface area contributed by atoms with Crippen LogP contribution in [0.3, 0.4) is 0 Å². The smallest absolute Gasteiger partial charge is 0.191 e. The second kappa shape index (κ2) is 9.93. The molecule has 0 aromatic carbocycles. The van der Waals surface area contributed by atoms with Crippen LogP contribution in [0.4, 0.5) is 0 Å². The highest BCUT2D eigenvalue weighted by Gasteiger charge is 2.22. The number of nitrogens with zero attached hydrogens (tertiary/aromatic N) is 2. The molecular formula is C18H32N4S. The maximum absolute atomic E-state index is 4.36. The molecule has 2 heterocycles. The van der Waals surface area contributed by atoms with Crippen molar-refractivity contribution in [2.24, 2.45) is 10.9 Å². The molecule has 2 rings (SSSR count). The maximum Gasteiger partial charge on any atom is 0.191 e. The monoisotopic (exact) mass is 336 g/mol. The third-order valence-electron chi connectivity index (χ3n) is 4.37. The van der Waals surface area contributed by atoms with E-state index in [0.717, 1.165) is 31.4 Å². The summed E-state index contributed by atoms with van der Waals surface area (Å²) < 4.78 is 0. The first-order valence-corrected chi connectivity index (χ1v) is 9.78. The van der Waals surface area contributed by atoms with E-state index in [1.807, 2.05) is 18.4 Å². The average molecular weight is 337 g/mol. The van der Waals surface area contributed by atoms with Crippen molar-refractivity contribution in [1.29, 1.82) is 0 Å². The summed E-state index contributed by atoms with van der Waals surface area (Å²) in [5.41, 5.74) is 0. The van der Waals surface area contributed by atoms with Gasteiger partial charge in [-0.25, -0.2) is 0 Å². The van der Waals surface area contributed by atoms with Crippen LogP contribution in [0.15, 0.2) is 22.5 Å². The van der Waals surface area contributed by atoms with Crippen LogP contribution in [0.5, 0.6) is 0 Å². The van der Waals surface area contributed by atoms with E-state index >= 15 is 0 Å². The van der Waals surface area contributed by atoms with Gasteiger partial charge >= 0.3 is 0 Å². The number of hydrogen-bond acceptors (Lipinski definition) is 3. The molecule has 0 radical (unpaired) electrons. The molecule has 0 aliphatic carbocycles. The number of aliphatic imine (C=N–C) groups is 1. The van der Waals surface area contributed by atoms with E-state index in [4.69, 9.17) is 0 Å². The summed E-state index contributed by atoms with van der Waals surface area (Å²) in [5.74, 6) is 1.66. The van der Waals surface area contributed by atoms with Crippen molar-refractivity contribution in [1.82, 2.24) is 15.5 Å². The second-order valence-electron chi connectivity index (χ2n) is 6.74. The van der Waals surface area contributed by atoms with Crippen LogP contribution in [0.1, 0.15) is 38.0 Å². The van der Waals surface area contributed by atoms with Gasteiger partial charge in [-0.2, -0.15) is 0 Å². The minimum absolute atomic E-state index is 0.619. The lowest BCUT2D eigenvalue weighted by molar-refractivity contribution is 0.213. The molecule has 0 bridgehead atoms. The summed E-state index contributed by atoms with van der Waals surface area (Å²) in [6, 6.07) is 4.92. The van der Waals surface area contributed by atoms with E-state index < -0.39 is 0 Å². The quantitative estimate of drug-likeness (QED) is 0.566. The minimum Gasteiger partial charge on any atom is -0.356 e. The van der Waals surface area contributed by atoms with Gasteiger partial charge in [0, 0.05) is 31.1 Å². The molecule has 0 spiro atoms. The number of rotatable bonds is 8. The Hall–Kier alpha value is -1.07. The molecule has 1 fully saturated rings. The van der Waals surface area contributed by atoms with Crippen molar-refractivity contribution in [3.63, 3.8) is 0 Å². The Morgan fingerprint density at radius 1 is 1.30 bits per heavy atom. The summed E-state index contributed by atoms with van der Waals surface area (Å²) in [5, 5.41) is 9.10. The Morgan fingerprint density at radius 3 is 2.70 bits per heavy atom. The third-order valence-corrected chi connectivity index (χ3v) is 5.31. The molecule has 130 valence electrons. The molecule has 5 heteroatoms. The summed E-state index contributed by atoms with van der Waals surface area (Å²) in [4.78, 5) is 8.43. The Labute approximate surface area is 145 Å². The molecule has 23 heavy (non-hydrogen) atoms. The highest BCUT2D eigenvalue weighted by atomic mass is 32.1. The molecule has 1 aromatic heterocycles. The van der Waals surface area contributed by atoms with Crippen LogP contribution in [0, 0.1) is 5.92 Å². The third kappa shape index (κ3) is 6.51. The van der Waals surface area contributed by atoms with Gasteiger partial charge in [0.25, 0.3) is 0 Å². The standard InChI is InChI=1S/C18H32N4S/c1-15(2)13-16(22-10-4-5-11-22)14-21-18(19-3)20-9-8-17-7-6-12-23-17/h6-7,12,15-16H,4-5,8-11,13-14H2,1-3H3,(H2,19,20,21). The zero-order valence-electron chi connectivity index (χ0n) is 14.8. The summed E-state index contributed by atoms with van der Waals surface area (Å²) in [7, 11) is 1.85. The summed E-state index contributed by atoms with van der Waals surface area (Å²) >= 11 is 1.82. The predicted molar refractivity (Wildman–Crippen MR) is 101 cm³/mol. The van der Waals surface area contributed by atoms with Crippen LogP contribution >= 0.6 is 11.3 Å². The van der Waals surface area contributed by atoms with Crippen LogP contribution in [-0.4, -0.2) is 50.1 Å². The number of likely N-dealkylation sites (tertiary alicyclic amines) is 1. The van der Waals surface area contributed by atoms with Gasteiger partial charge in [-0.1, -0.05) is 19.9 Å². The van der Waals surface area contributed by atoms with Crippen molar-refractivity contribution in [3.05, 3.63) is 22.4 Å². The highest BCUT2D eigenvalue weighted by Crippen LogP contribution is 2.17. The Morgan fingerprint density at radius 2 is 2.09 bits per heavy atom. The molecule has 1 aliphatic heterocycles. The average Bonchev–Trinajstić information content (AvgIpc) is 3.21. The van der Waals surface area contributed by atoms with E-state index in [-0.39, 0.29) is 0 Å². The van der Waals surface area contributed by atoms with Gasteiger partial charge in [0.15, 0.2) is 5.96 Å². The summed E-state index contributed by atoms with van der Waals surface area (Å²) in [6.45, 7) is 9.05. The molecule has 2 N–H and O–H groups in total. The van der Waals surface area contributed by atoms with Crippen LogP contribution in [0.2, 0.25) is 0 Å². The normalized spacial score (nSPS) is 17.7. The van der Waals surface area contributed by atoms with E-state index in [0.29, 0.717) is 6.04 Å². The molecule has 0 saturated carbocycles. The predicted octanol–water partition coefficient (Wildman–Crippen LogP) is 2.97. The van der Waals surface area contributed by atoms with Gasteiger partial charge in [0.2, 0.25) is 0 Å². The van der Waals surface area contributed by atoms with Crippen molar-refractivity contribution in [2.75, 3.05) is 33.2 Å². The van der Waals surface area contributed by atoms with Gasteiger partial charge in [0.1, 0.15) is 0 Å². The zero-order valence-corrected chi connectivity index (χ0v) is 15.7. The fourth-order valence-corrected chi connectivity index (χ4v) is 3.92. The van der Waals surface area contributed by atoms with E-state index in [1.165, 1.54) is 37.2 Å². The fraction of sp³-hybridized carbons (Fsp3) is 0.722. The van der Waals surface area contributed by atoms with Gasteiger partial charge in [-0.15, -0.1) is 11.3 Å². The van der Waals surface area contributed by atoms with E-state index in [9.17, 15) is 0 Å². The Balaban J connectivity index is 1.75. The molecule has 4 nitrogen and oxygen atoms in total. The van der Waals surface area contributed by atoms with Crippen LogP contribution < -0.4 is 10.6 Å². The maximum atomic E-state index is 4.36. The zero-order chi connectivity index (χ0) is 16.5. The lowest BCUT2D eigenvalue weighted by Crippen LogP contribution is -2.47. The van der Waals surface area contributed by atoms with Gasteiger partial charge < -0.3 is 10.6 Å². The Kier molecular flexibility index (Phi) is 7.89. The van der Waals surface area contributed by atoms with E-state index in [2.05, 4.69) is 51.9 Å². The number of nitrogens with one attached hydrogen (secondary N) is 2.